The number of rotatable bonds is 7. The number of likely N-dealkylation sites (N-methyl/N-ethyl adjacent to an activating group) is 1. The Morgan fingerprint density at radius 1 is 1.07 bits per heavy atom. The number of nitrogens with zero attached hydrogens (tertiary/aromatic N) is 1. The van der Waals surface area contributed by atoms with E-state index in [9.17, 15) is 19.8 Å². The zero-order valence-electron chi connectivity index (χ0n) is 25.6. The van der Waals surface area contributed by atoms with Crippen molar-refractivity contribution in [2.45, 2.75) is 94.0 Å². The van der Waals surface area contributed by atoms with E-state index in [2.05, 4.69) is 17.1 Å². The number of likely N-dealkylation sites (tertiary alicyclic amines) is 1. The average molecular weight is 587 g/mol. The Bertz CT molecular complexity index is 1240. The van der Waals surface area contributed by atoms with Gasteiger partial charge < -0.3 is 34.5 Å². The largest absolute Gasteiger partial charge is 0.454 e. The van der Waals surface area contributed by atoms with E-state index in [0.717, 1.165) is 0 Å². The number of nitrogens with one attached hydrogen (secondary N) is 1. The molecule has 11 atom stereocenters. The molecule has 5 fully saturated rings. The Labute approximate surface area is 248 Å². The van der Waals surface area contributed by atoms with Gasteiger partial charge in [-0.15, -0.1) is 0 Å². The molecule has 1 spiro atoms. The first-order valence-electron chi connectivity index (χ1n) is 15.4. The van der Waals surface area contributed by atoms with Gasteiger partial charge in [0.25, 0.3) is 0 Å². The molecule has 1 aromatic rings. The highest BCUT2D eigenvalue weighted by Crippen LogP contribution is 2.75. The molecule has 10 nitrogen and oxygen atoms in total. The SMILES string of the molecule is CCN1C[C@]2(OC(=O)c3ccccc3NC(C)=O)CC[C@H](OC)C34C1C(C[C@@H]32)[C@@]1(O)C[C@H](OC)C[C@H](OC)[C@@]1(O)[C@H]4C. The van der Waals surface area contributed by atoms with Crippen LogP contribution in [0.4, 0.5) is 5.69 Å². The molecule has 4 aliphatic carbocycles. The van der Waals surface area contributed by atoms with Gasteiger partial charge in [-0.25, -0.2) is 4.79 Å². The summed E-state index contributed by atoms with van der Waals surface area (Å²) in [4.78, 5) is 28.3. The summed E-state index contributed by atoms with van der Waals surface area (Å²) in [6.45, 7) is 6.77. The van der Waals surface area contributed by atoms with Crippen LogP contribution in [0.15, 0.2) is 24.3 Å². The smallest absolute Gasteiger partial charge is 0.340 e. The van der Waals surface area contributed by atoms with Crippen LogP contribution >= 0.6 is 0 Å². The Hall–Kier alpha value is -2.08. The maximum Gasteiger partial charge on any atom is 0.340 e. The first-order chi connectivity index (χ1) is 20.0. The van der Waals surface area contributed by atoms with E-state index in [1.54, 1.807) is 45.6 Å². The summed E-state index contributed by atoms with van der Waals surface area (Å²) in [5.41, 5.74) is -3.77. The van der Waals surface area contributed by atoms with Crippen LogP contribution in [0, 0.1) is 23.2 Å². The van der Waals surface area contributed by atoms with Crippen molar-refractivity contribution in [2.75, 3.05) is 39.7 Å². The molecule has 6 rings (SSSR count). The number of para-hydroxylation sites is 1. The number of aliphatic hydroxyl groups is 2. The minimum absolute atomic E-state index is 0.0790. The second kappa shape index (κ2) is 10.2. The van der Waals surface area contributed by atoms with Gasteiger partial charge in [-0.05, 0) is 37.9 Å². The summed E-state index contributed by atoms with van der Waals surface area (Å²) in [7, 11) is 4.97. The van der Waals surface area contributed by atoms with Crippen LogP contribution in [-0.4, -0.2) is 103 Å². The van der Waals surface area contributed by atoms with Gasteiger partial charge in [0.2, 0.25) is 5.91 Å². The maximum absolute atomic E-state index is 14.0. The lowest BCUT2D eigenvalue weighted by molar-refractivity contribution is -0.353. The lowest BCUT2D eigenvalue weighted by atomic mass is 9.42. The number of methoxy groups -OCH3 is 3. The lowest BCUT2D eigenvalue weighted by Gasteiger charge is -2.72. The zero-order valence-corrected chi connectivity index (χ0v) is 25.6. The van der Waals surface area contributed by atoms with E-state index in [0.29, 0.717) is 56.4 Å². The van der Waals surface area contributed by atoms with Crippen LogP contribution in [0.5, 0.6) is 0 Å². The molecule has 232 valence electrons. The summed E-state index contributed by atoms with van der Waals surface area (Å²) < 4.78 is 24.7. The summed E-state index contributed by atoms with van der Waals surface area (Å²) in [5.74, 6) is -1.66. The topological polar surface area (TPSA) is 127 Å². The highest BCUT2D eigenvalue weighted by Gasteiger charge is 2.85. The van der Waals surface area contributed by atoms with Crippen LogP contribution in [0.25, 0.3) is 0 Å². The second-order valence-corrected chi connectivity index (χ2v) is 13.3. The molecule has 42 heavy (non-hydrogen) atoms. The summed E-state index contributed by atoms with van der Waals surface area (Å²) in [6.07, 6.45) is 1.52. The van der Waals surface area contributed by atoms with Crippen molar-refractivity contribution in [1.82, 2.24) is 4.90 Å². The molecule has 4 saturated carbocycles. The van der Waals surface area contributed by atoms with Crippen molar-refractivity contribution in [1.29, 1.82) is 0 Å². The average Bonchev–Trinajstić information content (AvgIpc) is 3.23. The lowest BCUT2D eigenvalue weighted by Crippen LogP contribution is -2.84. The number of hydrogen-bond donors (Lipinski definition) is 3. The van der Waals surface area contributed by atoms with Crippen LogP contribution in [0.3, 0.4) is 0 Å². The standard InChI is InChI=1S/C32H46N2O8/c1-7-34-17-29(42-28(36)21-10-8-9-11-23(21)33-19(3)35)13-12-25(40-5)31-18(2)32(38)26(41-6)14-20(39-4)16-30(32,37)22(27(31)34)15-24(29)31/h8-11,18,20,22,24-27,37-38H,7,12-17H2,1-6H3,(H,33,35)/t18-,20+,22?,24+,25-,26-,27?,29+,30-,31?,32-/m0/s1. The quantitative estimate of drug-likeness (QED) is 0.413. The van der Waals surface area contributed by atoms with Gasteiger partial charge in [0.1, 0.15) is 16.8 Å². The van der Waals surface area contributed by atoms with E-state index < -0.39 is 40.2 Å². The fourth-order valence-electron chi connectivity index (χ4n) is 10.7. The van der Waals surface area contributed by atoms with Gasteiger partial charge in [0, 0.05) is 76.9 Å². The number of carbonyl (C=O) groups excluding carboxylic acids is 2. The number of fused-ring (bicyclic) bond motifs is 2. The molecule has 3 unspecified atom stereocenters. The van der Waals surface area contributed by atoms with Crippen molar-refractivity contribution in [3.05, 3.63) is 29.8 Å². The molecule has 0 radical (unpaired) electrons. The van der Waals surface area contributed by atoms with Crippen molar-refractivity contribution >= 4 is 17.6 Å². The Kier molecular flexibility index (Phi) is 7.31. The van der Waals surface area contributed by atoms with Gasteiger partial charge >= 0.3 is 5.97 Å². The van der Waals surface area contributed by atoms with Gasteiger partial charge in [-0.1, -0.05) is 26.0 Å². The highest BCUT2D eigenvalue weighted by atomic mass is 16.6. The van der Waals surface area contributed by atoms with E-state index in [4.69, 9.17) is 18.9 Å². The number of esters is 1. The van der Waals surface area contributed by atoms with E-state index >= 15 is 0 Å². The number of piperidine rings is 1. The fraction of sp³-hybridized carbons (Fsp3) is 0.750. The van der Waals surface area contributed by atoms with Crippen molar-refractivity contribution < 1.29 is 38.7 Å². The Morgan fingerprint density at radius 2 is 1.79 bits per heavy atom. The molecule has 5 bridgehead atoms. The minimum Gasteiger partial charge on any atom is -0.454 e. The van der Waals surface area contributed by atoms with Crippen LogP contribution in [0.1, 0.15) is 63.2 Å². The van der Waals surface area contributed by atoms with Crippen LogP contribution in [0.2, 0.25) is 0 Å². The molecular formula is C32H46N2O8. The van der Waals surface area contributed by atoms with Crippen molar-refractivity contribution in [2.24, 2.45) is 23.2 Å². The van der Waals surface area contributed by atoms with Crippen molar-refractivity contribution in [3.8, 4) is 0 Å². The molecule has 1 heterocycles. The molecule has 0 aromatic heterocycles. The summed E-state index contributed by atoms with van der Waals surface area (Å²) in [5, 5.41) is 28.4. The molecule has 5 aliphatic rings. The summed E-state index contributed by atoms with van der Waals surface area (Å²) in [6, 6.07) is 6.83. The fourth-order valence-corrected chi connectivity index (χ4v) is 10.7. The molecule has 1 amide bonds. The Morgan fingerprint density at radius 3 is 2.43 bits per heavy atom. The van der Waals surface area contributed by atoms with Crippen molar-refractivity contribution in [3.63, 3.8) is 0 Å². The molecule has 1 saturated heterocycles. The first kappa shape index (κ1) is 30.0. The van der Waals surface area contributed by atoms with E-state index in [1.165, 1.54) is 6.92 Å². The van der Waals surface area contributed by atoms with Gasteiger partial charge in [0.05, 0.1) is 29.6 Å². The highest BCUT2D eigenvalue weighted by molar-refractivity contribution is 6.00. The molecular weight excluding hydrogens is 540 g/mol. The third kappa shape index (κ3) is 3.65. The second-order valence-electron chi connectivity index (χ2n) is 13.3. The number of benzene rings is 1. The number of hydrogen-bond acceptors (Lipinski definition) is 9. The normalized spacial score (nSPS) is 45.7. The zero-order chi connectivity index (χ0) is 30.2. The van der Waals surface area contributed by atoms with E-state index in [-0.39, 0.29) is 36.0 Å². The van der Waals surface area contributed by atoms with E-state index in [1.807, 2.05) is 6.92 Å². The molecule has 3 N–H and O–H groups in total. The number of ether oxygens (including phenoxy) is 4. The molecule has 10 heteroatoms. The third-order valence-corrected chi connectivity index (χ3v) is 12.2. The number of anilines is 1. The van der Waals surface area contributed by atoms with Gasteiger partial charge in [-0.3, -0.25) is 9.69 Å². The minimum atomic E-state index is -1.55. The monoisotopic (exact) mass is 586 g/mol. The summed E-state index contributed by atoms with van der Waals surface area (Å²) >= 11 is 0. The van der Waals surface area contributed by atoms with Gasteiger partial charge in [-0.2, -0.15) is 0 Å². The molecule has 1 aliphatic heterocycles. The Balaban J connectivity index is 1.49. The first-order valence-corrected chi connectivity index (χ1v) is 15.4. The maximum atomic E-state index is 14.0. The van der Waals surface area contributed by atoms with Crippen LogP contribution < -0.4 is 5.32 Å². The predicted octanol–water partition coefficient (Wildman–Crippen LogP) is 2.61. The van der Waals surface area contributed by atoms with Gasteiger partial charge in [0.15, 0.2) is 0 Å². The number of amides is 1. The predicted molar refractivity (Wildman–Crippen MR) is 154 cm³/mol. The molecule has 1 aromatic carbocycles. The number of carbonyl (C=O) groups is 2. The third-order valence-electron chi connectivity index (χ3n) is 12.2. The van der Waals surface area contributed by atoms with Crippen LogP contribution in [-0.2, 0) is 23.7 Å².